The maximum atomic E-state index is 12.1. The van der Waals surface area contributed by atoms with Gasteiger partial charge in [-0.25, -0.2) is 13.1 Å². The lowest BCUT2D eigenvalue weighted by atomic mass is 10.1. The van der Waals surface area contributed by atoms with Crippen LogP contribution in [0.5, 0.6) is 0 Å². The second kappa shape index (κ2) is 7.40. The van der Waals surface area contributed by atoms with Crippen LogP contribution in [-0.2, 0) is 16.6 Å². The highest BCUT2D eigenvalue weighted by molar-refractivity contribution is 7.89. The number of aliphatic hydroxyl groups is 1. The van der Waals surface area contributed by atoms with Crippen molar-refractivity contribution in [2.45, 2.75) is 50.3 Å². The van der Waals surface area contributed by atoms with Gasteiger partial charge in [0, 0.05) is 6.54 Å². The van der Waals surface area contributed by atoms with Crippen molar-refractivity contribution in [3.63, 3.8) is 0 Å². The Morgan fingerprint density at radius 1 is 1.38 bits per heavy atom. The quantitative estimate of drug-likeness (QED) is 0.627. The molecule has 1 aromatic rings. The summed E-state index contributed by atoms with van der Waals surface area (Å²) >= 11 is 0. The smallest absolute Gasteiger partial charge is 0.273 e. The molecule has 0 saturated heterocycles. The predicted molar refractivity (Wildman–Crippen MR) is 79.2 cm³/mol. The summed E-state index contributed by atoms with van der Waals surface area (Å²) in [5, 5.41) is 12.8. The van der Waals surface area contributed by atoms with Gasteiger partial charge < -0.3 is 14.8 Å². The van der Waals surface area contributed by atoms with Crippen LogP contribution in [-0.4, -0.2) is 32.7 Å². The summed E-state index contributed by atoms with van der Waals surface area (Å²) in [7, 11) is -3.64. The first-order valence-electron chi connectivity index (χ1n) is 7.50. The van der Waals surface area contributed by atoms with Crippen LogP contribution in [0.25, 0.3) is 0 Å². The van der Waals surface area contributed by atoms with Crippen molar-refractivity contribution in [2.24, 2.45) is 5.92 Å². The molecule has 2 atom stereocenters. The molecule has 3 N–H and O–H groups in total. The molecule has 21 heavy (non-hydrogen) atoms. The molecule has 1 fully saturated rings. The molecule has 1 aliphatic rings. The number of aliphatic hydroxyl groups excluding tert-OH is 1. The van der Waals surface area contributed by atoms with Gasteiger partial charge in [0.25, 0.3) is 10.0 Å². The zero-order valence-corrected chi connectivity index (χ0v) is 13.2. The van der Waals surface area contributed by atoms with Gasteiger partial charge in [-0.3, -0.25) is 0 Å². The van der Waals surface area contributed by atoms with Gasteiger partial charge in [0.15, 0.2) is 0 Å². The van der Waals surface area contributed by atoms with E-state index in [4.69, 9.17) is 4.42 Å². The van der Waals surface area contributed by atoms with E-state index in [9.17, 15) is 13.5 Å². The van der Waals surface area contributed by atoms with Crippen molar-refractivity contribution >= 4 is 10.0 Å². The molecule has 2 unspecified atom stereocenters. The van der Waals surface area contributed by atoms with Gasteiger partial charge in [0.1, 0.15) is 5.76 Å². The van der Waals surface area contributed by atoms with Gasteiger partial charge in [-0.15, -0.1) is 0 Å². The average molecular weight is 316 g/mol. The van der Waals surface area contributed by atoms with E-state index in [2.05, 4.69) is 17.0 Å². The van der Waals surface area contributed by atoms with E-state index in [1.54, 1.807) is 6.07 Å². The summed E-state index contributed by atoms with van der Waals surface area (Å²) in [4.78, 5) is 0. The Morgan fingerprint density at radius 3 is 2.86 bits per heavy atom. The number of rotatable bonds is 8. The van der Waals surface area contributed by atoms with Crippen molar-refractivity contribution in [2.75, 3.05) is 13.1 Å². The second-order valence-electron chi connectivity index (χ2n) is 5.51. The molecule has 2 rings (SSSR count). The summed E-state index contributed by atoms with van der Waals surface area (Å²) in [6.07, 6.45) is 3.16. The molecule has 7 heteroatoms. The highest BCUT2D eigenvalue weighted by Crippen LogP contribution is 2.25. The lowest BCUT2D eigenvalue weighted by molar-refractivity contribution is 0.134. The van der Waals surface area contributed by atoms with E-state index in [0.29, 0.717) is 12.3 Å². The Hall–Kier alpha value is -0.890. The highest BCUT2D eigenvalue weighted by atomic mass is 32.2. The minimum absolute atomic E-state index is 0.000397. The van der Waals surface area contributed by atoms with Gasteiger partial charge in [-0.05, 0) is 43.9 Å². The summed E-state index contributed by atoms with van der Waals surface area (Å²) in [6.45, 7) is 3.70. The van der Waals surface area contributed by atoms with Gasteiger partial charge >= 0.3 is 0 Å². The number of sulfonamides is 1. The maximum absolute atomic E-state index is 12.1. The van der Waals surface area contributed by atoms with Crippen molar-refractivity contribution in [3.05, 3.63) is 17.9 Å². The van der Waals surface area contributed by atoms with Crippen LogP contribution < -0.4 is 10.0 Å². The summed E-state index contributed by atoms with van der Waals surface area (Å²) in [5.74, 6) is 0.602. The fourth-order valence-electron chi connectivity index (χ4n) is 2.53. The maximum Gasteiger partial charge on any atom is 0.273 e. The van der Waals surface area contributed by atoms with Gasteiger partial charge in [-0.2, -0.15) is 0 Å². The van der Waals surface area contributed by atoms with E-state index in [0.717, 1.165) is 32.2 Å². The molecule has 0 bridgehead atoms. The normalized spacial score (nSPS) is 22.8. The third kappa shape index (κ3) is 4.54. The first-order valence-corrected chi connectivity index (χ1v) is 8.98. The third-order valence-electron chi connectivity index (χ3n) is 3.78. The molecule has 1 heterocycles. The van der Waals surface area contributed by atoms with Gasteiger partial charge in [0.2, 0.25) is 5.09 Å². The molecule has 1 aromatic heterocycles. The molecular formula is C14H24N2O4S. The Balaban J connectivity index is 1.89. The first kappa shape index (κ1) is 16.5. The Labute approximate surface area is 126 Å². The monoisotopic (exact) mass is 316 g/mol. The zero-order chi connectivity index (χ0) is 15.3. The van der Waals surface area contributed by atoms with E-state index in [1.807, 2.05) is 0 Å². The molecule has 0 radical (unpaired) electrons. The summed E-state index contributed by atoms with van der Waals surface area (Å²) in [6, 6.07) is 3.14. The minimum Gasteiger partial charge on any atom is -0.447 e. The minimum atomic E-state index is -3.64. The average Bonchev–Trinajstić information content (AvgIpc) is 3.06. The molecule has 0 amide bonds. The van der Waals surface area contributed by atoms with Crippen molar-refractivity contribution in [3.8, 4) is 0 Å². The SMILES string of the molecule is CCCNCc1ccc(S(=O)(=O)NCC2CCCC2O)o1. The third-order valence-corrected chi connectivity index (χ3v) is 5.08. The van der Waals surface area contributed by atoms with Gasteiger partial charge in [0.05, 0.1) is 12.6 Å². The summed E-state index contributed by atoms with van der Waals surface area (Å²) in [5.41, 5.74) is 0. The fourth-order valence-corrected chi connectivity index (χ4v) is 3.57. The standard InChI is InChI=1S/C14H24N2O4S/c1-2-8-15-10-12-6-7-14(20-12)21(18,19)16-9-11-4-3-5-13(11)17/h6-7,11,13,15-17H,2-5,8-10H2,1H3. The van der Waals surface area contributed by atoms with Gasteiger partial charge in [-0.1, -0.05) is 13.3 Å². The summed E-state index contributed by atoms with van der Waals surface area (Å²) < 4.78 is 32.2. The Morgan fingerprint density at radius 2 is 2.19 bits per heavy atom. The molecule has 0 aromatic carbocycles. The lowest BCUT2D eigenvalue weighted by Crippen LogP contribution is -2.32. The van der Waals surface area contributed by atoms with E-state index in [1.165, 1.54) is 6.07 Å². The zero-order valence-electron chi connectivity index (χ0n) is 12.3. The van der Waals surface area contributed by atoms with Crippen LogP contribution >= 0.6 is 0 Å². The molecule has 1 aliphatic carbocycles. The van der Waals surface area contributed by atoms with Crippen molar-refractivity contribution < 1.29 is 17.9 Å². The number of hydrogen-bond acceptors (Lipinski definition) is 5. The van der Waals surface area contributed by atoms with E-state index < -0.39 is 16.1 Å². The predicted octanol–water partition coefficient (Wildman–Crippen LogP) is 1.22. The van der Waals surface area contributed by atoms with Crippen LogP contribution in [0.15, 0.2) is 21.6 Å². The second-order valence-corrected chi connectivity index (χ2v) is 7.21. The topological polar surface area (TPSA) is 91.6 Å². The van der Waals surface area contributed by atoms with Crippen LogP contribution in [0.3, 0.4) is 0 Å². The van der Waals surface area contributed by atoms with Crippen molar-refractivity contribution in [1.82, 2.24) is 10.0 Å². The molecule has 120 valence electrons. The molecular weight excluding hydrogens is 292 g/mol. The number of hydrogen-bond donors (Lipinski definition) is 3. The van der Waals surface area contributed by atoms with Crippen LogP contribution in [0.1, 0.15) is 38.4 Å². The van der Waals surface area contributed by atoms with Crippen LogP contribution in [0, 0.1) is 5.92 Å². The van der Waals surface area contributed by atoms with Crippen LogP contribution in [0.2, 0.25) is 0 Å². The largest absolute Gasteiger partial charge is 0.447 e. The lowest BCUT2D eigenvalue weighted by Gasteiger charge is -2.14. The van der Waals surface area contributed by atoms with E-state index in [-0.39, 0.29) is 17.6 Å². The molecule has 0 spiro atoms. The van der Waals surface area contributed by atoms with Crippen LogP contribution in [0.4, 0.5) is 0 Å². The number of nitrogens with one attached hydrogen (secondary N) is 2. The Bertz CT molecular complexity index is 541. The molecule has 0 aliphatic heterocycles. The molecule has 6 nitrogen and oxygen atoms in total. The van der Waals surface area contributed by atoms with E-state index >= 15 is 0 Å². The highest BCUT2D eigenvalue weighted by Gasteiger charge is 2.27. The first-order chi connectivity index (χ1) is 10.0. The fraction of sp³-hybridized carbons (Fsp3) is 0.714. The van der Waals surface area contributed by atoms with Crippen molar-refractivity contribution in [1.29, 1.82) is 0 Å². The number of furan rings is 1. The Kier molecular flexibility index (Phi) is 5.80. The molecule has 1 saturated carbocycles.